The van der Waals surface area contributed by atoms with Crippen molar-refractivity contribution < 1.29 is 28.9 Å². The zero-order chi connectivity index (χ0) is 35.9. The van der Waals surface area contributed by atoms with Crippen molar-refractivity contribution in [1.29, 1.82) is 0 Å². The molecule has 0 saturated carbocycles. The number of anilines is 2. The fourth-order valence-corrected chi connectivity index (χ4v) is 12.6. The van der Waals surface area contributed by atoms with E-state index in [4.69, 9.17) is 19.3 Å². The summed E-state index contributed by atoms with van der Waals surface area (Å²) in [6.45, 7) is 7.01. The highest BCUT2D eigenvalue weighted by Crippen LogP contribution is 2.60. The Hall–Kier alpha value is -4.77. The van der Waals surface area contributed by atoms with Gasteiger partial charge in [-0.2, -0.15) is 5.10 Å². The Balaban J connectivity index is 1.25. The highest BCUT2D eigenvalue weighted by atomic mass is 28.3. The highest BCUT2D eigenvalue weighted by Gasteiger charge is 2.66. The fourth-order valence-electron chi connectivity index (χ4n) is 8.53. The molecule has 4 aromatic carbocycles. The van der Waals surface area contributed by atoms with Gasteiger partial charge in [0.15, 0.2) is 5.60 Å². The van der Waals surface area contributed by atoms with Crippen LogP contribution < -0.4 is 24.6 Å². The number of rotatable bonds is 10. The number of ether oxygens (including phenoxy) is 3. The van der Waals surface area contributed by atoms with Crippen molar-refractivity contribution in [3.8, 4) is 11.5 Å². The van der Waals surface area contributed by atoms with E-state index in [-0.39, 0.29) is 42.5 Å². The van der Waals surface area contributed by atoms with Crippen LogP contribution in [0.5, 0.6) is 11.5 Å². The molecule has 264 valence electrons. The number of benzene rings is 4. The minimum absolute atomic E-state index is 0.0195. The smallest absolute Gasteiger partial charge is 0.264 e. The summed E-state index contributed by atoms with van der Waals surface area (Å²) >= 11 is 0. The van der Waals surface area contributed by atoms with E-state index in [9.17, 15) is 9.90 Å². The first kappa shape index (κ1) is 34.7. The summed E-state index contributed by atoms with van der Waals surface area (Å²) in [5, 5.41) is 17.7. The molecule has 3 aliphatic rings. The maximum Gasteiger partial charge on any atom is 0.264 e. The lowest BCUT2D eigenvalue weighted by atomic mass is 9.82. The number of hydrogen-bond donors (Lipinski definition) is 1. The Morgan fingerprint density at radius 2 is 1.63 bits per heavy atom. The highest BCUT2D eigenvalue weighted by molar-refractivity contribution is 6.91. The number of nitrogens with zero attached hydrogens (tertiary/aromatic N) is 3. The molecule has 1 spiro atoms. The van der Waals surface area contributed by atoms with Gasteiger partial charge in [-0.1, -0.05) is 79.8 Å². The van der Waals surface area contributed by atoms with Crippen LogP contribution in [0.2, 0.25) is 18.6 Å². The molecule has 10 heteroatoms. The van der Waals surface area contributed by atoms with Crippen molar-refractivity contribution >= 4 is 42.2 Å². The summed E-state index contributed by atoms with van der Waals surface area (Å²) in [4.78, 5) is 30.0. The predicted molar refractivity (Wildman–Crippen MR) is 202 cm³/mol. The fraction of sp³-hybridized carbons (Fsp3) is 0.341. The van der Waals surface area contributed by atoms with E-state index in [2.05, 4.69) is 32.2 Å². The van der Waals surface area contributed by atoms with E-state index in [1.165, 1.54) is 10.2 Å². The van der Waals surface area contributed by atoms with Crippen LogP contribution in [0.25, 0.3) is 0 Å². The molecule has 4 atom stereocenters. The molecule has 0 aromatic heterocycles. The average molecular weight is 704 g/mol. The van der Waals surface area contributed by atoms with E-state index in [1.807, 2.05) is 84.9 Å². The molecule has 1 saturated heterocycles. The molecule has 3 aliphatic heterocycles. The zero-order valence-corrected chi connectivity index (χ0v) is 30.8. The van der Waals surface area contributed by atoms with E-state index in [0.29, 0.717) is 30.7 Å². The Morgan fingerprint density at radius 3 is 2.33 bits per heavy atom. The summed E-state index contributed by atoms with van der Waals surface area (Å²) < 4.78 is 18.2. The number of hydrazone groups is 1. The maximum absolute atomic E-state index is 15.1. The van der Waals surface area contributed by atoms with Crippen LogP contribution in [0.15, 0.2) is 102 Å². The number of aliphatic hydroxyl groups is 1. The average Bonchev–Trinajstić information content (AvgIpc) is 3.58. The first-order valence-corrected chi connectivity index (χ1v) is 20.7. The molecule has 0 aliphatic carbocycles. The van der Waals surface area contributed by atoms with Crippen molar-refractivity contribution in [1.82, 2.24) is 0 Å². The van der Waals surface area contributed by atoms with Crippen molar-refractivity contribution in [3.05, 3.63) is 114 Å². The van der Waals surface area contributed by atoms with E-state index in [0.717, 1.165) is 33.8 Å². The molecule has 2 amide bonds. The molecule has 3 heterocycles. The predicted octanol–water partition coefficient (Wildman–Crippen LogP) is 6.38. The first-order valence-electron chi connectivity index (χ1n) is 17.6. The number of aliphatic hydroxyl groups excluding tert-OH is 1. The van der Waals surface area contributed by atoms with Crippen LogP contribution in [-0.4, -0.2) is 57.6 Å². The van der Waals surface area contributed by atoms with Crippen LogP contribution >= 0.6 is 0 Å². The number of methoxy groups -OCH3 is 2. The number of fused-ring (bicyclic) bond motifs is 2. The van der Waals surface area contributed by atoms with Crippen LogP contribution in [0, 0.1) is 5.92 Å². The second-order valence-electron chi connectivity index (χ2n) is 14.2. The van der Waals surface area contributed by atoms with Gasteiger partial charge in [-0.05, 0) is 65.6 Å². The van der Waals surface area contributed by atoms with Crippen LogP contribution in [0.1, 0.15) is 42.9 Å². The molecule has 1 N–H and O–H groups in total. The van der Waals surface area contributed by atoms with Gasteiger partial charge in [-0.3, -0.25) is 9.59 Å². The van der Waals surface area contributed by atoms with Gasteiger partial charge in [-0.15, -0.1) is 0 Å². The standard InChI is InChI=1S/C41H45N3O6Si/c1-27-39(51(4,5)33-17-14-31(48-2)15-18-33)37(22-23-45)50-41(27)34-25-32(49-3)16-20-36(34)43(40(41)47)26-28-10-9-13-30(24-28)44-38(46)21-19-35(42-44)29-11-7-6-8-12-29/h6-18,20,24-25,27,37,39,45H,19,21-23,26H2,1-5H3/t27-,37+,39-,41+/m0/s1. The minimum atomic E-state index is -2.31. The number of hydrogen-bond acceptors (Lipinski definition) is 7. The Labute approximate surface area is 300 Å². The van der Waals surface area contributed by atoms with Crippen molar-refractivity contribution in [2.45, 2.75) is 63.1 Å². The summed E-state index contributed by atoms with van der Waals surface area (Å²) in [6.07, 6.45) is 1.04. The topological polar surface area (TPSA) is 101 Å². The van der Waals surface area contributed by atoms with Gasteiger partial charge < -0.3 is 24.2 Å². The normalized spacial score (nSPS) is 23.1. The Kier molecular flexibility index (Phi) is 9.34. The van der Waals surface area contributed by atoms with Crippen LogP contribution in [0.4, 0.5) is 11.4 Å². The van der Waals surface area contributed by atoms with Crippen LogP contribution in [0.3, 0.4) is 0 Å². The Morgan fingerprint density at radius 1 is 0.902 bits per heavy atom. The SMILES string of the molecule is COc1ccc([Si](C)(C)[C@@H]2[C@@H](CCO)O[C@]3(C(=O)N(Cc4cccc(N5N=C(c6ccccc6)CCC5=O)c4)c4ccc(OC)cc43)[C@H]2C)cc1. The molecule has 0 radical (unpaired) electrons. The van der Waals surface area contributed by atoms with E-state index < -0.39 is 13.7 Å². The van der Waals surface area contributed by atoms with Crippen molar-refractivity contribution in [2.75, 3.05) is 30.7 Å². The summed E-state index contributed by atoms with van der Waals surface area (Å²) in [7, 11) is 0.969. The second kappa shape index (κ2) is 13.7. The molecular weight excluding hydrogens is 659 g/mol. The lowest BCUT2D eigenvalue weighted by Crippen LogP contribution is -2.51. The molecule has 0 bridgehead atoms. The van der Waals surface area contributed by atoms with Gasteiger partial charge in [0, 0.05) is 30.9 Å². The molecule has 7 rings (SSSR count). The molecule has 1 fully saturated rings. The van der Waals surface area contributed by atoms with Gasteiger partial charge in [0.2, 0.25) is 5.91 Å². The maximum atomic E-state index is 15.1. The molecule has 0 unspecified atom stereocenters. The molecule has 51 heavy (non-hydrogen) atoms. The van der Waals surface area contributed by atoms with Crippen molar-refractivity contribution in [3.63, 3.8) is 0 Å². The third kappa shape index (κ3) is 5.95. The second-order valence-corrected chi connectivity index (χ2v) is 18.9. The van der Waals surface area contributed by atoms with Gasteiger partial charge >= 0.3 is 0 Å². The van der Waals surface area contributed by atoms with E-state index >= 15 is 4.79 Å². The summed E-state index contributed by atoms with van der Waals surface area (Å²) in [5.74, 6) is 1.03. The summed E-state index contributed by atoms with van der Waals surface area (Å²) in [6, 6.07) is 31.6. The largest absolute Gasteiger partial charge is 0.497 e. The quantitative estimate of drug-likeness (QED) is 0.193. The zero-order valence-electron chi connectivity index (χ0n) is 29.8. The third-order valence-corrected chi connectivity index (χ3v) is 15.5. The number of carbonyl (C=O) groups is 2. The third-order valence-electron chi connectivity index (χ3n) is 11.1. The first-order chi connectivity index (χ1) is 24.6. The lowest BCUT2D eigenvalue weighted by molar-refractivity contribution is -0.146. The monoisotopic (exact) mass is 703 g/mol. The van der Waals surface area contributed by atoms with Gasteiger partial charge in [0.05, 0.1) is 52.0 Å². The van der Waals surface area contributed by atoms with Gasteiger partial charge in [0.1, 0.15) is 11.5 Å². The minimum Gasteiger partial charge on any atom is -0.497 e. The number of carbonyl (C=O) groups excluding carboxylic acids is 2. The molecule has 9 nitrogen and oxygen atoms in total. The lowest BCUT2D eigenvalue weighted by Gasteiger charge is -2.37. The van der Waals surface area contributed by atoms with E-state index in [1.54, 1.807) is 19.1 Å². The molecule has 4 aromatic rings. The van der Waals surface area contributed by atoms with Gasteiger partial charge in [0.25, 0.3) is 5.91 Å². The number of amides is 2. The Bertz CT molecular complexity index is 1970. The van der Waals surface area contributed by atoms with Gasteiger partial charge in [-0.25, -0.2) is 5.01 Å². The molecular formula is C41H45N3O6Si. The summed E-state index contributed by atoms with van der Waals surface area (Å²) in [5.41, 5.74) is 3.67. The van der Waals surface area contributed by atoms with Crippen molar-refractivity contribution in [2.24, 2.45) is 11.0 Å². The van der Waals surface area contributed by atoms with Crippen LogP contribution in [-0.2, 0) is 26.5 Å².